The van der Waals surface area contributed by atoms with Gasteiger partial charge in [-0.15, -0.1) is 0 Å². The highest BCUT2D eigenvalue weighted by Gasteiger charge is 2.22. The molecule has 0 unspecified atom stereocenters. The minimum atomic E-state index is -4.53. The second-order valence-electron chi connectivity index (χ2n) is 8.31. The van der Waals surface area contributed by atoms with E-state index in [-0.39, 0.29) is 36.1 Å². The minimum absolute atomic E-state index is 0. The van der Waals surface area contributed by atoms with E-state index in [1.807, 2.05) is 19.1 Å². The summed E-state index contributed by atoms with van der Waals surface area (Å²) in [5.41, 5.74) is 3.76. The number of hydrogen-bond donors (Lipinski definition) is 4. The summed E-state index contributed by atoms with van der Waals surface area (Å²) in [5, 5.41) is 6.07. The summed E-state index contributed by atoms with van der Waals surface area (Å²) in [4.78, 5) is 7.56. The summed E-state index contributed by atoms with van der Waals surface area (Å²) in [5.74, 6) is 0. The lowest BCUT2D eigenvalue weighted by Gasteiger charge is -2.14. The van der Waals surface area contributed by atoms with Crippen LogP contribution >= 0.6 is 0 Å². The van der Waals surface area contributed by atoms with Crippen LogP contribution < -0.4 is 10.6 Å². The number of aryl methyl sites for hydroxylation is 1. The SMILES string of the molecule is C.C.CN=C1C=CC(=Nc2ccc(Nc3ccc(Nc4ccc(C)cc4)c(S(=O)(=O)O)c3)cc2)C(S(=O)(=O)O)=C1. The van der Waals surface area contributed by atoms with Crippen LogP contribution in [0.15, 0.2) is 105 Å². The third-order valence-corrected chi connectivity index (χ3v) is 7.25. The van der Waals surface area contributed by atoms with Gasteiger partial charge in [-0.3, -0.25) is 14.1 Å². The number of nitrogens with zero attached hydrogens (tertiary/aromatic N) is 2. The van der Waals surface area contributed by atoms with Crippen molar-refractivity contribution < 1.29 is 25.9 Å². The average Bonchev–Trinajstić information content (AvgIpc) is 2.86. The van der Waals surface area contributed by atoms with Gasteiger partial charge in [-0.05, 0) is 79.7 Å². The molecular weight excluding hydrogens is 552 g/mol. The number of anilines is 4. The molecular formula is C28H32N4O6S2. The molecule has 0 spiro atoms. The van der Waals surface area contributed by atoms with Crippen LogP contribution in [0, 0.1) is 6.92 Å². The van der Waals surface area contributed by atoms with Gasteiger partial charge in [-0.25, -0.2) is 4.99 Å². The fraction of sp³-hybridized carbons (Fsp3) is 0.143. The minimum Gasteiger partial charge on any atom is -0.355 e. The molecule has 10 nitrogen and oxygen atoms in total. The van der Waals surface area contributed by atoms with Crippen molar-refractivity contribution in [2.24, 2.45) is 9.98 Å². The monoisotopic (exact) mass is 584 g/mol. The van der Waals surface area contributed by atoms with Crippen molar-refractivity contribution in [1.82, 2.24) is 0 Å². The first-order valence-corrected chi connectivity index (χ1v) is 14.1. The van der Waals surface area contributed by atoms with Crippen molar-refractivity contribution in [2.45, 2.75) is 26.7 Å². The molecule has 0 saturated heterocycles. The molecule has 0 saturated carbocycles. The Morgan fingerprint density at radius 2 is 1.30 bits per heavy atom. The summed E-state index contributed by atoms with van der Waals surface area (Å²) in [6.45, 7) is 1.94. The maximum absolute atomic E-state index is 12.1. The standard InChI is InChI=1S/C26H24N4O6S2.2CH4/c1-17-3-5-19(6-4-17)29-24-14-12-22(16-26(24)38(34,35)36)28-18-7-9-20(10-8-18)30-23-13-11-21(27-2)15-25(23)37(31,32)33;;/h3-16,28-29H,1-2H3,(H,31,32,33)(H,34,35,36);2*1H4. The van der Waals surface area contributed by atoms with Crippen molar-refractivity contribution in [1.29, 1.82) is 0 Å². The molecule has 0 heterocycles. The normalized spacial score (nSPS) is 15.2. The molecule has 4 rings (SSSR count). The first kappa shape index (κ1) is 32.1. The molecule has 1 aliphatic carbocycles. The highest BCUT2D eigenvalue weighted by atomic mass is 32.2. The molecule has 0 atom stereocenters. The number of hydrogen-bond acceptors (Lipinski definition) is 8. The Morgan fingerprint density at radius 1 is 0.725 bits per heavy atom. The van der Waals surface area contributed by atoms with Crippen LogP contribution in [-0.4, -0.2) is 44.4 Å². The van der Waals surface area contributed by atoms with E-state index in [0.717, 1.165) is 5.56 Å². The molecule has 0 radical (unpaired) electrons. The van der Waals surface area contributed by atoms with Gasteiger partial charge in [-0.1, -0.05) is 32.5 Å². The number of nitrogens with one attached hydrogen (secondary N) is 2. The van der Waals surface area contributed by atoms with Gasteiger partial charge in [0, 0.05) is 24.1 Å². The molecule has 0 aromatic heterocycles. The second kappa shape index (κ2) is 12.8. The largest absolute Gasteiger partial charge is 0.355 e. The van der Waals surface area contributed by atoms with E-state index < -0.39 is 20.2 Å². The Kier molecular flexibility index (Phi) is 10.3. The number of rotatable bonds is 7. The first-order chi connectivity index (χ1) is 17.9. The molecule has 3 aromatic carbocycles. The van der Waals surface area contributed by atoms with Gasteiger partial charge in [-0.2, -0.15) is 16.8 Å². The molecule has 4 N–H and O–H groups in total. The van der Waals surface area contributed by atoms with E-state index in [1.54, 1.807) is 48.5 Å². The van der Waals surface area contributed by atoms with Crippen LogP contribution in [-0.2, 0) is 20.2 Å². The van der Waals surface area contributed by atoms with Crippen LogP contribution in [0.5, 0.6) is 0 Å². The van der Waals surface area contributed by atoms with Crippen molar-refractivity contribution in [3.05, 3.63) is 95.4 Å². The van der Waals surface area contributed by atoms with E-state index in [4.69, 9.17) is 0 Å². The molecule has 212 valence electrons. The summed E-state index contributed by atoms with van der Waals surface area (Å²) in [6.07, 6.45) is 4.25. The maximum atomic E-state index is 12.1. The zero-order chi connectivity index (χ0) is 27.5. The topological polar surface area (TPSA) is 158 Å². The molecule has 0 amide bonds. The summed E-state index contributed by atoms with van der Waals surface area (Å²) in [6, 6.07) is 18.4. The van der Waals surface area contributed by atoms with E-state index in [9.17, 15) is 25.9 Å². The second-order valence-corrected chi connectivity index (χ2v) is 11.1. The Morgan fingerprint density at radius 3 is 1.88 bits per heavy atom. The lowest BCUT2D eigenvalue weighted by molar-refractivity contribution is 0.483. The molecule has 1 aliphatic rings. The van der Waals surface area contributed by atoms with Crippen LogP contribution in [0.25, 0.3) is 0 Å². The van der Waals surface area contributed by atoms with Crippen LogP contribution in [0.4, 0.5) is 28.4 Å². The van der Waals surface area contributed by atoms with Crippen LogP contribution in [0.1, 0.15) is 20.4 Å². The molecule has 0 fully saturated rings. The van der Waals surface area contributed by atoms with Gasteiger partial charge in [0.2, 0.25) is 0 Å². The molecule has 40 heavy (non-hydrogen) atoms. The Hall–Kier alpha value is -4.10. The van der Waals surface area contributed by atoms with Gasteiger partial charge in [0.15, 0.2) is 0 Å². The van der Waals surface area contributed by atoms with E-state index in [1.165, 1.54) is 31.3 Å². The fourth-order valence-electron chi connectivity index (χ4n) is 3.58. The first-order valence-electron chi connectivity index (χ1n) is 11.2. The van der Waals surface area contributed by atoms with Crippen molar-refractivity contribution >= 4 is 60.1 Å². The third kappa shape index (κ3) is 7.96. The summed E-state index contributed by atoms with van der Waals surface area (Å²) < 4.78 is 67.1. The average molecular weight is 585 g/mol. The smallest absolute Gasteiger partial charge is 0.296 e. The quantitative estimate of drug-likeness (QED) is 0.181. The fourth-order valence-corrected chi connectivity index (χ4v) is 4.90. The van der Waals surface area contributed by atoms with Crippen molar-refractivity contribution in [3.63, 3.8) is 0 Å². The van der Waals surface area contributed by atoms with E-state index in [0.29, 0.717) is 28.5 Å². The predicted molar refractivity (Wildman–Crippen MR) is 163 cm³/mol. The molecule has 12 heteroatoms. The zero-order valence-corrected chi connectivity index (χ0v) is 22.0. The molecule has 0 bridgehead atoms. The van der Waals surface area contributed by atoms with Gasteiger partial charge in [0.25, 0.3) is 20.2 Å². The van der Waals surface area contributed by atoms with Gasteiger partial charge >= 0.3 is 0 Å². The zero-order valence-electron chi connectivity index (χ0n) is 20.3. The number of aliphatic imine (C=N–C) groups is 2. The third-order valence-electron chi connectivity index (χ3n) is 5.48. The van der Waals surface area contributed by atoms with Crippen LogP contribution in [0.3, 0.4) is 0 Å². The predicted octanol–water partition coefficient (Wildman–Crippen LogP) is 6.49. The van der Waals surface area contributed by atoms with Gasteiger partial charge in [0.05, 0.1) is 22.8 Å². The maximum Gasteiger partial charge on any atom is 0.296 e. The van der Waals surface area contributed by atoms with E-state index in [2.05, 4.69) is 20.6 Å². The number of benzene rings is 3. The Labute approximate surface area is 235 Å². The Balaban J connectivity index is 0.00000280. The molecule has 3 aromatic rings. The van der Waals surface area contributed by atoms with E-state index >= 15 is 0 Å². The highest BCUT2D eigenvalue weighted by molar-refractivity contribution is 7.91. The highest BCUT2D eigenvalue weighted by Crippen LogP contribution is 2.30. The van der Waals surface area contributed by atoms with Gasteiger partial charge in [0.1, 0.15) is 9.80 Å². The van der Waals surface area contributed by atoms with Crippen LogP contribution in [0.2, 0.25) is 0 Å². The lowest BCUT2D eigenvalue weighted by Crippen LogP contribution is -2.16. The summed E-state index contributed by atoms with van der Waals surface area (Å²) >= 11 is 0. The van der Waals surface area contributed by atoms with Crippen molar-refractivity contribution in [3.8, 4) is 0 Å². The van der Waals surface area contributed by atoms with Crippen molar-refractivity contribution in [2.75, 3.05) is 17.7 Å². The van der Waals surface area contributed by atoms with Gasteiger partial charge < -0.3 is 10.6 Å². The summed E-state index contributed by atoms with van der Waals surface area (Å²) in [7, 11) is -7.55. The lowest BCUT2D eigenvalue weighted by atomic mass is 10.1. The number of allylic oxidation sites excluding steroid dienone is 4. The Bertz CT molecular complexity index is 1710. The molecule has 0 aliphatic heterocycles.